The van der Waals surface area contributed by atoms with E-state index in [4.69, 9.17) is 4.74 Å². The van der Waals surface area contributed by atoms with Crippen LogP contribution in [0.3, 0.4) is 0 Å². The molecule has 94 valence electrons. The molecule has 1 aromatic carbocycles. The summed E-state index contributed by atoms with van der Waals surface area (Å²) in [6, 6.07) is 6.09. The number of ether oxygens (including phenoxy) is 1. The van der Waals surface area contributed by atoms with Crippen LogP contribution in [0.5, 0.6) is 0 Å². The van der Waals surface area contributed by atoms with E-state index in [2.05, 4.69) is 22.0 Å². The predicted molar refractivity (Wildman–Crippen MR) is 74.5 cm³/mol. The van der Waals surface area contributed by atoms with Crippen molar-refractivity contribution >= 4 is 27.7 Å². The monoisotopic (exact) mass is 316 g/mol. The van der Waals surface area contributed by atoms with Crippen molar-refractivity contribution < 1.29 is 9.84 Å². The van der Waals surface area contributed by atoms with Crippen molar-refractivity contribution in [2.45, 2.75) is 36.0 Å². The summed E-state index contributed by atoms with van der Waals surface area (Å²) in [7, 11) is 0. The van der Waals surface area contributed by atoms with Crippen LogP contribution in [0.4, 0.5) is 0 Å². The summed E-state index contributed by atoms with van der Waals surface area (Å²) in [6.45, 7) is 3.54. The molecular weight excluding hydrogens is 300 g/mol. The maximum atomic E-state index is 9.52. The van der Waals surface area contributed by atoms with Crippen LogP contribution in [0.2, 0.25) is 0 Å². The summed E-state index contributed by atoms with van der Waals surface area (Å²) >= 11 is 5.48. The SMILES string of the molecule is C[C@@H](O)c1ccc(SC2CCOCC2)c(Br)c1. The molecule has 0 radical (unpaired) electrons. The molecule has 1 N–H and O–H groups in total. The Morgan fingerprint density at radius 1 is 1.41 bits per heavy atom. The van der Waals surface area contributed by atoms with Crippen LogP contribution >= 0.6 is 27.7 Å². The molecule has 1 heterocycles. The van der Waals surface area contributed by atoms with Gasteiger partial charge in [-0.2, -0.15) is 0 Å². The molecule has 0 amide bonds. The molecule has 1 atom stereocenters. The van der Waals surface area contributed by atoms with E-state index in [0.29, 0.717) is 5.25 Å². The molecule has 1 aliphatic rings. The van der Waals surface area contributed by atoms with Gasteiger partial charge >= 0.3 is 0 Å². The van der Waals surface area contributed by atoms with Crippen LogP contribution in [0.25, 0.3) is 0 Å². The summed E-state index contributed by atoms with van der Waals surface area (Å²) in [5, 5.41) is 10.2. The molecule has 0 unspecified atom stereocenters. The highest BCUT2D eigenvalue weighted by atomic mass is 79.9. The van der Waals surface area contributed by atoms with Crippen molar-refractivity contribution in [2.75, 3.05) is 13.2 Å². The number of aliphatic hydroxyl groups is 1. The number of hydrogen-bond donors (Lipinski definition) is 1. The second-order valence-corrected chi connectivity index (χ2v) is 6.49. The molecule has 1 aliphatic heterocycles. The Balaban J connectivity index is 2.05. The highest BCUT2D eigenvalue weighted by Gasteiger charge is 2.16. The Kier molecular flexibility index (Phi) is 4.91. The first kappa shape index (κ1) is 13.4. The van der Waals surface area contributed by atoms with Crippen molar-refractivity contribution in [1.82, 2.24) is 0 Å². The molecule has 0 saturated carbocycles. The Morgan fingerprint density at radius 2 is 2.12 bits per heavy atom. The summed E-state index contributed by atoms with van der Waals surface area (Å²) < 4.78 is 6.44. The third kappa shape index (κ3) is 3.71. The number of rotatable bonds is 3. The number of hydrogen-bond acceptors (Lipinski definition) is 3. The van der Waals surface area contributed by atoms with Crippen LogP contribution < -0.4 is 0 Å². The van der Waals surface area contributed by atoms with Crippen LogP contribution in [0, 0.1) is 0 Å². The van der Waals surface area contributed by atoms with Gasteiger partial charge in [-0.3, -0.25) is 0 Å². The van der Waals surface area contributed by atoms with Gasteiger partial charge in [0.25, 0.3) is 0 Å². The average molecular weight is 317 g/mol. The lowest BCUT2D eigenvalue weighted by molar-refractivity contribution is 0.100. The van der Waals surface area contributed by atoms with Gasteiger partial charge in [0.2, 0.25) is 0 Å². The largest absolute Gasteiger partial charge is 0.389 e. The van der Waals surface area contributed by atoms with Gasteiger partial charge in [-0.05, 0) is 53.4 Å². The molecule has 0 aromatic heterocycles. The lowest BCUT2D eigenvalue weighted by atomic mass is 10.1. The molecule has 0 bridgehead atoms. The zero-order chi connectivity index (χ0) is 12.3. The highest BCUT2D eigenvalue weighted by Crippen LogP contribution is 2.35. The smallest absolute Gasteiger partial charge is 0.0762 e. The molecule has 1 aromatic rings. The molecule has 2 nitrogen and oxygen atoms in total. The Labute approximate surface area is 115 Å². The van der Waals surface area contributed by atoms with E-state index in [1.165, 1.54) is 4.90 Å². The van der Waals surface area contributed by atoms with Gasteiger partial charge in [0.15, 0.2) is 0 Å². The number of benzene rings is 1. The highest BCUT2D eigenvalue weighted by molar-refractivity contribution is 9.10. The third-order valence-corrected chi connectivity index (χ3v) is 5.23. The van der Waals surface area contributed by atoms with E-state index in [1.807, 2.05) is 23.9 Å². The van der Waals surface area contributed by atoms with Gasteiger partial charge in [0.05, 0.1) is 6.10 Å². The van der Waals surface area contributed by atoms with E-state index in [9.17, 15) is 5.11 Å². The summed E-state index contributed by atoms with van der Waals surface area (Å²) in [6.07, 6.45) is 1.83. The minimum atomic E-state index is -0.409. The van der Waals surface area contributed by atoms with Gasteiger partial charge in [0.1, 0.15) is 0 Å². The molecule has 0 aliphatic carbocycles. The Morgan fingerprint density at radius 3 is 2.71 bits per heavy atom. The van der Waals surface area contributed by atoms with Crippen molar-refractivity contribution in [3.05, 3.63) is 28.2 Å². The van der Waals surface area contributed by atoms with Crippen molar-refractivity contribution in [3.8, 4) is 0 Å². The molecular formula is C13H17BrO2S. The lowest BCUT2D eigenvalue weighted by Crippen LogP contribution is -2.17. The fourth-order valence-corrected chi connectivity index (χ4v) is 3.63. The predicted octanol–water partition coefficient (Wildman–Crippen LogP) is 3.77. The van der Waals surface area contributed by atoms with E-state index in [1.54, 1.807) is 6.92 Å². The maximum absolute atomic E-state index is 9.52. The van der Waals surface area contributed by atoms with E-state index in [-0.39, 0.29) is 0 Å². The van der Waals surface area contributed by atoms with Gasteiger partial charge in [-0.15, -0.1) is 11.8 Å². The van der Waals surface area contributed by atoms with Crippen LogP contribution in [0.1, 0.15) is 31.4 Å². The van der Waals surface area contributed by atoms with Gasteiger partial charge < -0.3 is 9.84 Å². The van der Waals surface area contributed by atoms with Gasteiger partial charge in [-0.25, -0.2) is 0 Å². The molecule has 17 heavy (non-hydrogen) atoms. The van der Waals surface area contributed by atoms with Crippen LogP contribution in [-0.4, -0.2) is 23.6 Å². The third-order valence-electron chi connectivity index (χ3n) is 2.90. The number of halogens is 1. The Hall–Kier alpha value is -0.0300. The zero-order valence-electron chi connectivity index (χ0n) is 9.86. The number of aliphatic hydroxyl groups excluding tert-OH is 1. The van der Waals surface area contributed by atoms with Gasteiger partial charge in [0, 0.05) is 27.8 Å². The second-order valence-electron chi connectivity index (χ2n) is 4.30. The van der Waals surface area contributed by atoms with Crippen molar-refractivity contribution in [3.63, 3.8) is 0 Å². The first-order valence-electron chi connectivity index (χ1n) is 5.88. The first-order chi connectivity index (χ1) is 8.16. The van der Waals surface area contributed by atoms with Crippen LogP contribution in [0.15, 0.2) is 27.6 Å². The second kappa shape index (κ2) is 6.23. The number of thioether (sulfide) groups is 1. The minimum absolute atomic E-state index is 0.409. The van der Waals surface area contributed by atoms with E-state index < -0.39 is 6.10 Å². The quantitative estimate of drug-likeness (QED) is 0.920. The maximum Gasteiger partial charge on any atom is 0.0762 e. The van der Waals surface area contributed by atoms with Crippen molar-refractivity contribution in [1.29, 1.82) is 0 Å². The molecule has 1 saturated heterocycles. The summed E-state index contributed by atoms with van der Waals surface area (Å²) in [4.78, 5) is 1.25. The summed E-state index contributed by atoms with van der Waals surface area (Å²) in [5.74, 6) is 0. The lowest BCUT2D eigenvalue weighted by Gasteiger charge is -2.22. The van der Waals surface area contributed by atoms with E-state index in [0.717, 1.165) is 36.1 Å². The molecule has 2 rings (SSSR count). The van der Waals surface area contributed by atoms with Crippen molar-refractivity contribution in [2.24, 2.45) is 0 Å². The van der Waals surface area contributed by atoms with E-state index >= 15 is 0 Å². The normalized spacial score (nSPS) is 19.2. The molecule has 0 spiro atoms. The molecule has 1 fully saturated rings. The fourth-order valence-electron chi connectivity index (χ4n) is 1.85. The molecule has 4 heteroatoms. The van der Waals surface area contributed by atoms with Gasteiger partial charge in [-0.1, -0.05) is 6.07 Å². The first-order valence-corrected chi connectivity index (χ1v) is 7.56. The standard InChI is InChI=1S/C13H17BrO2S/c1-9(15)10-2-3-13(12(14)8-10)17-11-4-6-16-7-5-11/h2-3,8-9,11,15H,4-7H2,1H3/t9-/m1/s1. The Bertz CT molecular complexity index is 376. The fraction of sp³-hybridized carbons (Fsp3) is 0.538. The average Bonchev–Trinajstić information content (AvgIpc) is 2.33. The summed E-state index contributed by atoms with van der Waals surface area (Å²) in [5.41, 5.74) is 0.952. The zero-order valence-corrected chi connectivity index (χ0v) is 12.3. The minimum Gasteiger partial charge on any atom is -0.389 e. The topological polar surface area (TPSA) is 29.5 Å². The van der Waals surface area contributed by atoms with Crippen LogP contribution in [-0.2, 0) is 4.74 Å².